The number of benzene rings is 1. The Morgan fingerprint density at radius 3 is 2.53 bits per heavy atom. The smallest absolute Gasteiger partial charge is 0.0761 e. The van der Waals surface area contributed by atoms with Gasteiger partial charge in [0, 0.05) is 29.3 Å². The van der Waals surface area contributed by atoms with Gasteiger partial charge in [0.05, 0.1) is 6.10 Å². The van der Waals surface area contributed by atoms with Gasteiger partial charge in [-0.25, -0.2) is 0 Å². The average Bonchev–Trinajstić information content (AvgIpc) is 2.33. The van der Waals surface area contributed by atoms with Crippen LogP contribution in [0.1, 0.15) is 32.4 Å². The Labute approximate surface area is 108 Å². The van der Waals surface area contributed by atoms with Crippen LogP contribution in [0, 0.1) is 0 Å². The first-order valence-corrected chi connectivity index (χ1v) is 7.30. The van der Waals surface area contributed by atoms with E-state index in [9.17, 15) is 5.11 Å². The Morgan fingerprint density at radius 1 is 1.29 bits per heavy atom. The molecule has 0 aliphatic carbocycles. The monoisotopic (exact) mass is 251 g/mol. The van der Waals surface area contributed by atoms with Crippen molar-refractivity contribution in [3.8, 4) is 0 Å². The molecule has 1 aromatic rings. The van der Waals surface area contributed by atoms with Crippen LogP contribution in [-0.4, -0.2) is 28.7 Å². The van der Waals surface area contributed by atoms with Crippen molar-refractivity contribution in [3.05, 3.63) is 29.8 Å². The first-order chi connectivity index (χ1) is 8.09. The number of aliphatic hydroxyl groups excluding tert-OH is 1. The molecule has 1 aromatic carbocycles. The number of thioether (sulfide) groups is 1. The summed E-state index contributed by atoms with van der Waals surface area (Å²) in [5.74, 6) is 1.20. The largest absolute Gasteiger partial charge is 0.389 e. The highest BCUT2D eigenvalue weighted by molar-refractivity contribution is 8.00. The van der Waals surface area contributed by atoms with Crippen LogP contribution in [0.4, 0.5) is 5.69 Å². The molecule has 17 heavy (non-hydrogen) atoms. The van der Waals surface area contributed by atoms with Crippen molar-refractivity contribution in [3.63, 3.8) is 0 Å². The molecule has 0 amide bonds. The maximum atomic E-state index is 9.50. The van der Waals surface area contributed by atoms with Crippen molar-refractivity contribution in [2.45, 2.75) is 38.2 Å². The lowest BCUT2D eigenvalue weighted by Crippen LogP contribution is -2.44. The van der Waals surface area contributed by atoms with Gasteiger partial charge in [0.25, 0.3) is 0 Å². The van der Waals surface area contributed by atoms with E-state index in [4.69, 9.17) is 0 Å². The predicted octanol–water partition coefficient (Wildman–Crippen LogP) is 3.07. The molecule has 3 atom stereocenters. The van der Waals surface area contributed by atoms with E-state index in [1.165, 1.54) is 11.4 Å². The van der Waals surface area contributed by atoms with Crippen LogP contribution in [0.3, 0.4) is 0 Å². The lowest BCUT2D eigenvalue weighted by molar-refractivity contribution is 0.199. The van der Waals surface area contributed by atoms with E-state index in [2.05, 4.69) is 42.6 Å². The minimum absolute atomic E-state index is 0.377. The van der Waals surface area contributed by atoms with Gasteiger partial charge in [-0.2, -0.15) is 11.8 Å². The van der Waals surface area contributed by atoms with Gasteiger partial charge in [0.1, 0.15) is 0 Å². The van der Waals surface area contributed by atoms with Crippen molar-refractivity contribution in [2.24, 2.45) is 0 Å². The van der Waals surface area contributed by atoms with Gasteiger partial charge >= 0.3 is 0 Å². The van der Waals surface area contributed by atoms with Crippen molar-refractivity contribution in [1.29, 1.82) is 0 Å². The van der Waals surface area contributed by atoms with Gasteiger partial charge in [-0.1, -0.05) is 19.1 Å². The molecule has 1 heterocycles. The molecule has 0 radical (unpaired) electrons. The Hall–Kier alpha value is -0.670. The quantitative estimate of drug-likeness (QED) is 0.874. The van der Waals surface area contributed by atoms with Crippen LogP contribution < -0.4 is 4.90 Å². The van der Waals surface area contributed by atoms with Gasteiger partial charge in [-0.3, -0.25) is 0 Å². The molecule has 2 rings (SSSR count). The second-order valence-corrected chi connectivity index (χ2v) is 6.26. The van der Waals surface area contributed by atoms with E-state index in [1.54, 1.807) is 6.92 Å². The third-order valence-corrected chi connectivity index (χ3v) is 4.93. The third-order valence-electron chi connectivity index (χ3n) is 3.59. The third kappa shape index (κ3) is 2.78. The number of hydrogen-bond donors (Lipinski definition) is 1. The van der Waals surface area contributed by atoms with Crippen LogP contribution in [0.5, 0.6) is 0 Å². The fraction of sp³-hybridized carbons (Fsp3) is 0.571. The van der Waals surface area contributed by atoms with Gasteiger partial charge in [0.2, 0.25) is 0 Å². The van der Waals surface area contributed by atoms with Crippen molar-refractivity contribution < 1.29 is 5.11 Å². The molecule has 2 nitrogen and oxygen atoms in total. The van der Waals surface area contributed by atoms with Gasteiger partial charge in [-0.15, -0.1) is 0 Å². The van der Waals surface area contributed by atoms with E-state index >= 15 is 0 Å². The van der Waals surface area contributed by atoms with E-state index in [-0.39, 0.29) is 6.10 Å². The summed E-state index contributed by atoms with van der Waals surface area (Å²) in [5, 5.41) is 10.2. The molecule has 1 aliphatic heterocycles. The second kappa shape index (κ2) is 5.32. The summed E-state index contributed by atoms with van der Waals surface area (Å²) in [7, 11) is 0. The minimum atomic E-state index is -0.377. The maximum absolute atomic E-state index is 9.50. The van der Waals surface area contributed by atoms with E-state index < -0.39 is 0 Å². The summed E-state index contributed by atoms with van der Waals surface area (Å²) in [4.78, 5) is 2.47. The summed E-state index contributed by atoms with van der Waals surface area (Å²) in [6.45, 7) is 7.51. The normalized spacial score (nSPS) is 26.9. The first-order valence-electron chi connectivity index (χ1n) is 6.26. The fourth-order valence-electron chi connectivity index (χ4n) is 2.24. The van der Waals surface area contributed by atoms with Crippen LogP contribution in [-0.2, 0) is 0 Å². The minimum Gasteiger partial charge on any atom is -0.389 e. The highest BCUT2D eigenvalue weighted by Crippen LogP contribution is 2.29. The molecule has 94 valence electrons. The SMILES string of the molecule is CC1SCCN(c2ccc([C@H](C)O)cc2)C1C. The van der Waals surface area contributed by atoms with Crippen molar-refractivity contribution >= 4 is 17.4 Å². The topological polar surface area (TPSA) is 23.5 Å². The molecule has 0 aromatic heterocycles. The molecule has 1 N–H and O–H groups in total. The van der Waals surface area contributed by atoms with Gasteiger partial charge in [0.15, 0.2) is 0 Å². The van der Waals surface area contributed by atoms with Crippen LogP contribution in [0.2, 0.25) is 0 Å². The van der Waals surface area contributed by atoms with Gasteiger partial charge in [-0.05, 0) is 31.5 Å². The summed E-state index contributed by atoms with van der Waals surface area (Å²) >= 11 is 2.05. The van der Waals surface area contributed by atoms with Gasteiger partial charge < -0.3 is 10.0 Å². The lowest BCUT2D eigenvalue weighted by Gasteiger charge is -2.39. The predicted molar refractivity (Wildman–Crippen MR) is 75.8 cm³/mol. The molecular weight excluding hydrogens is 230 g/mol. The molecule has 0 saturated carbocycles. The summed E-state index contributed by atoms with van der Waals surface area (Å²) in [6.07, 6.45) is -0.377. The number of hydrogen-bond acceptors (Lipinski definition) is 3. The molecule has 1 saturated heterocycles. The molecule has 1 fully saturated rings. The molecular formula is C14H21NOS. The Bertz CT molecular complexity index is 363. The standard InChI is InChI=1S/C14H21NOS/c1-10-12(3)17-9-8-15(10)14-6-4-13(5-7-14)11(2)16/h4-7,10-12,16H,8-9H2,1-3H3/t10?,11-,12?/m0/s1. The van der Waals surface area contributed by atoms with Crippen molar-refractivity contribution in [2.75, 3.05) is 17.2 Å². The number of anilines is 1. The van der Waals surface area contributed by atoms with Crippen LogP contribution in [0.25, 0.3) is 0 Å². The zero-order valence-corrected chi connectivity index (χ0v) is 11.6. The Morgan fingerprint density at radius 2 is 1.94 bits per heavy atom. The summed E-state index contributed by atoms with van der Waals surface area (Å²) < 4.78 is 0. The maximum Gasteiger partial charge on any atom is 0.0761 e. The zero-order valence-electron chi connectivity index (χ0n) is 10.8. The zero-order chi connectivity index (χ0) is 12.4. The molecule has 0 spiro atoms. The second-order valence-electron chi connectivity index (χ2n) is 4.78. The van der Waals surface area contributed by atoms with E-state index in [0.29, 0.717) is 11.3 Å². The van der Waals surface area contributed by atoms with E-state index in [1.807, 2.05) is 12.1 Å². The fourth-order valence-corrected chi connectivity index (χ4v) is 3.34. The van der Waals surface area contributed by atoms with Crippen molar-refractivity contribution in [1.82, 2.24) is 0 Å². The number of aliphatic hydroxyl groups is 1. The first kappa shape index (κ1) is 12.8. The highest BCUT2D eigenvalue weighted by Gasteiger charge is 2.25. The van der Waals surface area contributed by atoms with E-state index in [0.717, 1.165) is 12.1 Å². The Balaban J connectivity index is 2.16. The molecule has 0 bridgehead atoms. The number of rotatable bonds is 2. The number of nitrogens with zero attached hydrogens (tertiary/aromatic N) is 1. The molecule has 1 aliphatic rings. The summed E-state index contributed by atoms with van der Waals surface area (Å²) in [5.41, 5.74) is 2.26. The molecule has 3 heteroatoms. The highest BCUT2D eigenvalue weighted by atomic mass is 32.2. The van der Waals surface area contributed by atoms with Crippen LogP contribution >= 0.6 is 11.8 Å². The average molecular weight is 251 g/mol. The Kier molecular flexibility index (Phi) is 4.00. The molecule has 2 unspecified atom stereocenters. The van der Waals surface area contributed by atoms with Crippen LogP contribution in [0.15, 0.2) is 24.3 Å². The lowest BCUT2D eigenvalue weighted by atomic mass is 10.1. The summed E-state index contributed by atoms with van der Waals surface area (Å²) in [6, 6.07) is 8.88.